The number of hydrogen-bond acceptors (Lipinski definition) is 12. The zero-order chi connectivity index (χ0) is 31.5. The molecule has 0 aliphatic carbocycles. The van der Waals surface area contributed by atoms with E-state index in [4.69, 9.17) is 9.47 Å². The molecule has 0 spiro atoms. The number of rotatable bonds is 17. The SMILES string of the molecule is COCC(NC(=O)c1cnc(C)s1)C(=O)NC(COC)C(=O)NC(Cc1ccccc1)C(=O)C(C)(O)COS(C)(=O)=O. The minimum absolute atomic E-state index is 0.0648. The van der Waals surface area contributed by atoms with Crippen LogP contribution in [0.2, 0.25) is 0 Å². The fourth-order valence-electron chi connectivity index (χ4n) is 3.67. The molecule has 0 aliphatic heterocycles. The third kappa shape index (κ3) is 11.2. The van der Waals surface area contributed by atoms with Crippen LogP contribution < -0.4 is 16.0 Å². The number of nitrogens with zero attached hydrogens (tertiary/aromatic N) is 1. The minimum Gasteiger partial charge on any atom is -0.382 e. The van der Waals surface area contributed by atoms with E-state index in [-0.39, 0.29) is 24.5 Å². The van der Waals surface area contributed by atoms with Gasteiger partial charge in [-0.1, -0.05) is 30.3 Å². The Kier molecular flexibility index (Phi) is 13.1. The molecular formula is C26H36N4O10S2. The summed E-state index contributed by atoms with van der Waals surface area (Å²) in [6.07, 6.45) is 2.08. The van der Waals surface area contributed by atoms with E-state index in [0.717, 1.165) is 24.5 Å². The molecule has 1 heterocycles. The second kappa shape index (κ2) is 15.8. The van der Waals surface area contributed by atoms with E-state index in [1.54, 1.807) is 37.3 Å². The largest absolute Gasteiger partial charge is 0.382 e. The number of carbonyl (C=O) groups is 4. The van der Waals surface area contributed by atoms with Crippen molar-refractivity contribution in [3.63, 3.8) is 0 Å². The summed E-state index contributed by atoms with van der Waals surface area (Å²) in [5.74, 6) is -3.07. The average molecular weight is 629 g/mol. The maximum atomic E-state index is 13.4. The Morgan fingerprint density at radius 3 is 2.02 bits per heavy atom. The molecule has 1 aromatic heterocycles. The molecule has 232 valence electrons. The number of nitrogens with one attached hydrogen (secondary N) is 3. The first kappa shape index (κ1) is 34.9. The van der Waals surface area contributed by atoms with Crippen LogP contribution >= 0.6 is 11.3 Å². The van der Waals surface area contributed by atoms with E-state index >= 15 is 0 Å². The van der Waals surface area contributed by atoms with Gasteiger partial charge in [0.1, 0.15) is 29.2 Å². The van der Waals surface area contributed by atoms with E-state index in [0.29, 0.717) is 10.6 Å². The summed E-state index contributed by atoms with van der Waals surface area (Å²) < 4.78 is 37.7. The third-order valence-corrected chi connectivity index (χ3v) is 7.22. The molecule has 2 rings (SSSR count). The highest BCUT2D eigenvalue weighted by Gasteiger charge is 2.39. The van der Waals surface area contributed by atoms with Gasteiger partial charge in [0.05, 0.1) is 36.7 Å². The zero-order valence-corrected chi connectivity index (χ0v) is 25.5. The van der Waals surface area contributed by atoms with Crippen LogP contribution in [0.15, 0.2) is 36.5 Å². The maximum absolute atomic E-state index is 13.4. The number of thiazole rings is 1. The third-order valence-electron chi connectivity index (χ3n) is 5.77. The summed E-state index contributed by atoms with van der Waals surface area (Å²) in [5, 5.41) is 19.0. The summed E-state index contributed by atoms with van der Waals surface area (Å²) in [5.41, 5.74) is -1.66. The van der Waals surface area contributed by atoms with E-state index in [9.17, 15) is 32.7 Å². The van der Waals surface area contributed by atoms with Crippen molar-refractivity contribution in [3.8, 4) is 0 Å². The maximum Gasteiger partial charge on any atom is 0.264 e. The first-order valence-corrected chi connectivity index (χ1v) is 15.3. The Balaban J connectivity index is 2.24. The molecular weight excluding hydrogens is 592 g/mol. The number of carbonyl (C=O) groups excluding carboxylic acids is 4. The lowest BCUT2D eigenvalue weighted by atomic mass is 9.91. The highest BCUT2D eigenvalue weighted by Crippen LogP contribution is 2.15. The van der Waals surface area contributed by atoms with Crippen molar-refractivity contribution in [1.29, 1.82) is 0 Å². The van der Waals surface area contributed by atoms with Crippen molar-refractivity contribution < 1.29 is 46.4 Å². The molecule has 0 radical (unpaired) electrons. The Bertz CT molecular complexity index is 1330. The first-order chi connectivity index (χ1) is 19.7. The van der Waals surface area contributed by atoms with E-state index in [1.165, 1.54) is 20.4 Å². The molecule has 42 heavy (non-hydrogen) atoms. The van der Waals surface area contributed by atoms with E-state index < -0.39 is 64.0 Å². The number of aromatic nitrogens is 1. The van der Waals surface area contributed by atoms with Crippen LogP contribution in [0.4, 0.5) is 0 Å². The van der Waals surface area contributed by atoms with Crippen LogP contribution in [0.25, 0.3) is 0 Å². The van der Waals surface area contributed by atoms with Gasteiger partial charge in [-0.15, -0.1) is 11.3 Å². The number of aliphatic hydroxyl groups is 1. The van der Waals surface area contributed by atoms with Gasteiger partial charge in [0.2, 0.25) is 11.8 Å². The summed E-state index contributed by atoms with van der Waals surface area (Å²) in [4.78, 5) is 56.7. The number of amides is 3. The Morgan fingerprint density at radius 2 is 1.52 bits per heavy atom. The Labute approximate surface area is 248 Å². The summed E-state index contributed by atoms with van der Waals surface area (Å²) >= 11 is 1.14. The monoisotopic (exact) mass is 628 g/mol. The molecule has 0 bridgehead atoms. The molecule has 14 nitrogen and oxygen atoms in total. The van der Waals surface area contributed by atoms with Crippen molar-refractivity contribution in [1.82, 2.24) is 20.9 Å². The molecule has 4 atom stereocenters. The number of hydrogen-bond donors (Lipinski definition) is 4. The number of ether oxygens (including phenoxy) is 2. The van der Waals surface area contributed by atoms with Gasteiger partial charge in [-0.25, -0.2) is 4.98 Å². The van der Waals surface area contributed by atoms with Gasteiger partial charge in [-0.05, 0) is 25.8 Å². The predicted octanol–water partition coefficient (Wildman–Crippen LogP) is -0.649. The van der Waals surface area contributed by atoms with Crippen molar-refractivity contribution >= 4 is 45.0 Å². The van der Waals surface area contributed by atoms with Crippen LogP contribution in [-0.4, -0.2) is 106 Å². The lowest BCUT2D eigenvalue weighted by Gasteiger charge is -2.29. The van der Waals surface area contributed by atoms with Crippen molar-refractivity contribution in [2.24, 2.45) is 0 Å². The lowest BCUT2D eigenvalue weighted by Crippen LogP contribution is -2.60. The molecule has 1 aromatic carbocycles. The van der Waals surface area contributed by atoms with Crippen LogP contribution in [0.3, 0.4) is 0 Å². The highest BCUT2D eigenvalue weighted by atomic mass is 32.2. The van der Waals surface area contributed by atoms with Crippen molar-refractivity contribution in [2.45, 2.75) is 44.0 Å². The van der Waals surface area contributed by atoms with Crippen LogP contribution in [-0.2, 0) is 44.6 Å². The predicted molar refractivity (Wildman–Crippen MR) is 152 cm³/mol. The molecule has 0 fully saturated rings. The fourth-order valence-corrected chi connectivity index (χ4v) is 4.79. The Morgan fingerprint density at radius 1 is 0.976 bits per heavy atom. The standard InChI is InChI=1S/C26H36N4O10S2/c1-16-27-12-21(41-16)25(34)30-20(14-39-4)24(33)29-19(13-38-3)23(32)28-18(11-17-9-7-6-8-10-17)22(31)26(2,35)15-40-42(5,36)37/h6-10,12,18-20,35H,11,13-15H2,1-5H3,(H,28,32)(H,29,33)(H,30,34). The summed E-state index contributed by atoms with van der Waals surface area (Å²) in [6.45, 7) is 1.40. The smallest absolute Gasteiger partial charge is 0.264 e. The molecule has 0 aliphatic rings. The molecule has 4 unspecified atom stereocenters. The van der Waals surface area contributed by atoms with Gasteiger partial charge >= 0.3 is 0 Å². The number of Topliss-reactive ketones (excluding diaryl/α,β-unsaturated/α-hetero) is 1. The van der Waals surface area contributed by atoms with Gasteiger partial charge in [-0.3, -0.25) is 23.4 Å². The topological polar surface area (TPSA) is 199 Å². The molecule has 0 saturated heterocycles. The number of aryl methyl sites for hydroxylation is 1. The number of benzene rings is 1. The average Bonchev–Trinajstić information content (AvgIpc) is 3.37. The van der Waals surface area contributed by atoms with Gasteiger partial charge in [-0.2, -0.15) is 8.42 Å². The quantitative estimate of drug-likeness (QED) is 0.162. The molecule has 16 heteroatoms. The van der Waals surface area contributed by atoms with Gasteiger partial charge < -0.3 is 30.5 Å². The second-order valence-electron chi connectivity index (χ2n) is 9.60. The summed E-state index contributed by atoms with van der Waals surface area (Å²) in [7, 11) is -1.34. The summed E-state index contributed by atoms with van der Waals surface area (Å²) in [6, 6.07) is 4.73. The fraction of sp³-hybridized carbons (Fsp3) is 0.500. The van der Waals surface area contributed by atoms with E-state index in [2.05, 4.69) is 25.1 Å². The van der Waals surface area contributed by atoms with Gasteiger partial charge in [0, 0.05) is 14.2 Å². The Hall–Kier alpha value is -3.28. The number of methoxy groups -OCH3 is 2. The molecule has 2 aromatic rings. The molecule has 4 N–H and O–H groups in total. The van der Waals surface area contributed by atoms with E-state index in [1.807, 2.05) is 0 Å². The van der Waals surface area contributed by atoms with Gasteiger partial charge in [0.15, 0.2) is 5.78 Å². The lowest BCUT2D eigenvalue weighted by molar-refractivity contribution is -0.143. The normalized spacial score (nSPS) is 15.1. The van der Waals surface area contributed by atoms with Crippen molar-refractivity contribution in [3.05, 3.63) is 52.0 Å². The molecule has 3 amide bonds. The van der Waals surface area contributed by atoms with Gasteiger partial charge in [0.25, 0.3) is 16.0 Å². The highest BCUT2D eigenvalue weighted by molar-refractivity contribution is 7.86. The van der Waals surface area contributed by atoms with Crippen LogP contribution in [0.5, 0.6) is 0 Å². The number of ketones is 1. The second-order valence-corrected chi connectivity index (χ2v) is 12.5. The van der Waals surface area contributed by atoms with Crippen molar-refractivity contribution in [2.75, 3.05) is 40.3 Å². The zero-order valence-electron chi connectivity index (χ0n) is 23.9. The first-order valence-electron chi connectivity index (χ1n) is 12.6. The molecule has 0 saturated carbocycles. The van der Waals surface area contributed by atoms with Crippen LogP contribution in [0, 0.1) is 6.92 Å². The van der Waals surface area contributed by atoms with Crippen LogP contribution in [0.1, 0.15) is 27.2 Å². The minimum atomic E-state index is -3.98.